The Kier molecular flexibility index (Phi) is 55.4. The van der Waals surface area contributed by atoms with E-state index in [2.05, 4.69) is 124 Å². The van der Waals surface area contributed by atoms with Crippen LogP contribution in [0.15, 0.2) is 109 Å². The largest absolute Gasteiger partial charge is 0.462 e. The Hall–Kier alpha value is -3.93. The van der Waals surface area contributed by atoms with Crippen molar-refractivity contribution < 1.29 is 28.6 Å². The minimum absolute atomic E-state index is 0.109. The smallest absolute Gasteiger partial charge is 0.306 e. The van der Waals surface area contributed by atoms with E-state index in [1.165, 1.54) is 122 Å². The van der Waals surface area contributed by atoms with Crippen molar-refractivity contribution in [3.63, 3.8) is 0 Å². The number of carbonyl (C=O) groups excluding carboxylic acids is 3. The van der Waals surface area contributed by atoms with E-state index in [4.69, 9.17) is 14.2 Å². The van der Waals surface area contributed by atoms with Gasteiger partial charge in [0.2, 0.25) is 0 Å². The molecule has 0 aromatic heterocycles. The van der Waals surface area contributed by atoms with E-state index < -0.39 is 6.10 Å². The topological polar surface area (TPSA) is 78.9 Å². The Morgan fingerprint density at radius 1 is 0.296 bits per heavy atom. The molecule has 0 N–H and O–H groups in total. The summed E-state index contributed by atoms with van der Waals surface area (Å²) in [6, 6.07) is 0. The van der Waals surface area contributed by atoms with Crippen LogP contribution in [0.1, 0.15) is 265 Å². The van der Waals surface area contributed by atoms with E-state index in [1.54, 1.807) is 0 Å². The lowest BCUT2D eigenvalue weighted by Crippen LogP contribution is -2.30. The second kappa shape index (κ2) is 58.6. The molecule has 0 fully saturated rings. The molecule has 1 atom stereocenters. The third-order valence-corrected chi connectivity index (χ3v) is 12.2. The van der Waals surface area contributed by atoms with Crippen LogP contribution in [0.3, 0.4) is 0 Å². The lowest BCUT2D eigenvalue weighted by atomic mass is 10.1. The van der Waals surface area contributed by atoms with Gasteiger partial charge in [-0.1, -0.05) is 239 Å². The lowest BCUT2D eigenvalue weighted by molar-refractivity contribution is -0.166. The van der Waals surface area contributed by atoms with E-state index in [0.29, 0.717) is 19.3 Å². The van der Waals surface area contributed by atoms with Gasteiger partial charge in [-0.25, -0.2) is 0 Å². The van der Waals surface area contributed by atoms with E-state index in [-0.39, 0.29) is 37.5 Å². The average Bonchev–Trinajstić information content (AvgIpc) is 3.37. The van der Waals surface area contributed by atoms with Crippen LogP contribution in [0, 0.1) is 0 Å². The van der Waals surface area contributed by atoms with E-state index in [0.717, 1.165) is 96.3 Å². The van der Waals surface area contributed by atoms with Gasteiger partial charge < -0.3 is 14.2 Å². The van der Waals surface area contributed by atoms with Crippen LogP contribution in [-0.4, -0.2) is 37.2 Å². The molecule has 6 heteroatoms. The second-order valence-corrected chi connectivity index (χ2v) is 19.2. The van der Waals surface area contributed by atoms with Crippen LogP contribution < -0.4 is 0 Å². The van der Waals surface area contributed by atoms with E-state index in [9.17, 15) is 14.4 Å². The highest BCUT2D eigenvalue weighted by atomic mass is 16.6. The van der Waals surface area contributed by atoms with Gasteiger partial charge in [0.15, 0.2) is 6.10 Å². The monoisotopic (exact) mass is 985 g/mol. The third-order valence-electron chi connectivity index (χ3n) is 12.2. The summed E-state index contributed by atoms with van der Waals surface area (Å²) >= 11 is 0. The van der Waals surface area contributed by atoms with Crippen molar-refractivity contribution in [3.8, 4) is 0 Å². The Labute approximate surface area is 438 Å². The fourth-order valence-electron chi connectivity index (χ4n) is 7.85. The van der Waals surface area contributed by atoms with Crippen molar-refractivity contribution in [2.75, 3.05) is 13.2 Å². The van der Waals surface area contributed by atoms with Crippen molar-refractivity contribution >= 4 is 17.9 Å². The summed E-state index contributed by atoms with van der Waals surface area (Å²) in [5, 5.41) is 0. The summed E-state index contributed by atoms with van der Waals surface area (Å²) in [7, 11) is 0. The SMILES string of the molecule is CC/C=C\C/C=C\C/C=C\C/C=C\CCC(=O)OCC(COC(=O)CCCCCCCCCCC/C=C\C/C=C\CCCCCCC)OC(=O)CCCCCCCC/C=C\C/C=C\C/C=C\CCCCC. The van der Waals surface area contributed by atoms with Crippen molar-refractivity contribution in [2.45, 2.75) is 271 Å². The zero-order valence-corrected chi connectivity index (χ0v) is 46.2. The molecule has 0 bridgehead atoms. The third kappa shape index (κ3) is 56.9. The van der Waals surface area contributed by atoms with Crippen LogP contribution in [0.25, 0.3) is 0 Å². The highest BCUT2D eigenvalue weighted by Gasteiger charge is 2.19. The van der Waals surface area contributed by atoms with Gasteiger partial charge in [-0.3, -0.25) is 14.4 Å². The van der Waals surface area contributed by atoms with Crippen LogP contribution in [-0.2, 0) is 28.6 Å². The van der Waals surface area contributed by atoms with Gasteiger partial charge >= 0.3 is 17.9 Å². The maximum atomic E-state index is 12.9. The molecule has 0 radical (unpaired) electrons. The number of ether oxygens (including phenoxy) is 3. The molecule has 0 rings (SSSR count). The normalized spacial score (nSPS) is 12.9. The molecule has 0 amide bonds. The molecule has 1 unspecified atom stereocenters. The van der Waals surface area contributed by atoms with Gasteiger partial charge in [-0.15, -0.1) is 0 Å². The van der Waals surface area contributed by atoms with Crippen LogP contribution >= 0.6 is 0 Å². The average molecular weight is 986 g/mol. The Balaban J connectivity index is 4.45. The molecule has 6 nitrogen and oxygen atoms in total. The summed E-state index contributed by atoms with van der Waals surface area (Å²) in [4.78, 5) is 38.1. The molecule has 0 aliphatic carbocycles. The summed E-state index contributed by atoms with van der Waals surface area (Å²) in [6.45, 7) is 6.41. The van der Waals surface area contributed by atoms with E-state index >= 15 is 0 Å². The highest BCUT2D eigenvalue weighted by Crippen LogP contribution is 2.14. The number of rotatable bonds is 52. The first kappa shape index (κ1) is 67.1. The molecular weight excluding hydrogens is 877 g/mol. The summed E-state index contributed by atoms with van der Waals surface area (Å²) < 4.78 is 16.8. The van der Waals surface area contributed by atoms with Gasteiger partial charge in [0, 0.05) is 19.3 Å². The van der Waals surface area contributed by atoms with Crippen molar-refractivity contribution in [1.82, 2.24) is 0 Å². The maximum Gasteiger partial charge on any atom is 0.306 e. The molecule has 71 heavy (non-hydrogen) atoms. The molecule has 0 saturated carbocycles. The zero-order chi connectivity index (χ0) is 51.4. The van der Waals surface area contributed by atoms with Crippen molar-refractivity contribution in [3.05, 3.63) is 109 Å². The molecule has 0 aromatic rings. The number of hydrogen-bond donors (Lipinski definition) is 0. The zero-order valence-electron chi connectivity index (χ0n) is 46.2. The van der Waals surface area contributed by atoms with Gasteiger partial charge in [0.05, 0.1) is 0 Å². The van der Waals surface area contributed by atoms with E-state index in [1.807, 2.05) is 6.08 Å². The van der Waals surface area contributed by atoms with Crippen LogP contribution in [0.4, 0.5) is 0 Å². The predicted octanol–water partition coefficient (Wildman–Crippen LogP) is 19.9. The summed E-state index contributed by atoms with van der Waals surface area (Å²) in [6.07, 6.45) is 79.5. The minimum Gasteiger partial charge on any atom is -0.462 e. The van der Waals surface area contributed by atoms with Gasteiger partial charge in [0.25, 0.3) is 0 Å². The molecule has 0 spiro atoms. The molecule has 0 aliphatic rings. The number of unbranched alkanes of at least 4 members (excludes halogenated alkanes) is 23. The molecule has 0 aromatic carbocycles. The lowest BCUT2D eigenvalue weighted by Gasteiger charge is -2.18. The number of allylic oxidation sites excluding steroid dienone is 18. The molecule has 0 saturated heterocycles. The summed E-state index contributed by atoms with van der Waals surface area (Å²) in [5.41, 5.74) is 0. The van der Waals surface area contributed by atoms with Crippen molar-refractivity contribution in [1.29, 1.82) is 0 Å². The fourth-order valence-corrected chi connectivity index (χ4v) is 7.85. The number of esters is 3. The van der Waals surface area contributed by atoms with Gasteiger partial charge in [0.1, 0.15) is 13.2 Å². The standard InChI is InChI=1S/C65H108O6/c1-4-7-10-13-16-19-22-25-27-29-31-32-34-35-37-40-43-46-49-52-55-58-64(67)70-61-62(60-69-63(66)57-54-51-48-45-42-39-24-21-18-15-12-9-6-3)71-65(68)59-56-53-50-47-44-41-38-36-33-30-28-26-23-20-17-14-11-8-5-2/h9,12,17-18,20-22,25-26,28-29,31,33,36,39,42,48,51,62H,4-8,10-11,13-16,19,23-24,27,30,32,34-35,37-38,40-41,43-47,49-50,52-61H2,1-3H3/b12-9-,20-17-,21-18-,25-22-,28-26-,31-29-,36-33-,42-39-,51-48-. The number of hydrogen-bond acceptors (Lipinski definition) is 6. The number of carbonyl (C=O) groups is 3. The van der Waals surface area contributed by atoms with Crippen LogP contribution in [0.5, 0.6) is 0 Å². The molecular formula is C65H108O6. The van der Waals surface area contributed by atoms with Crippen LogP contribution in [0.2, 0.25) is 0 Å². The second-order valence-electron chi connectivity index (χ2n) is 19.2. The summed E-state index contributed by atoms with van der Waals surface area (Å²) in [5.74, 6) is -1.01. The first-order valence-corrected chi connectivity index (χ1v) is 29.4. The first-order valence-electron chi connectivity index (χ1n) is 29.4. The first-order chi connectivity index (χ1) is 35.0. The fraction of sp³-hybridized carbons (Fsp3) is 0.677. The quantitative estimate of drug-likeness (QED) is 0.0261. The molecule has 0 aliphatic heterocycles. The molecule has 404 valence electrons. The van der Waals surface area contributed by atoms with Crippen molar-refractivity contribution in [2.24, 2.45) is 0 Å². The minimum atomic E-state index is -0.818. The highest BCUT2D eigenvalue weighted by molar-refractivity contribution is 5.71. The maximum absolute atomic E-state index is 12.9. The van der Waals surface area contributed by atoms with Gasteiger partial charge in [-0.05, 0) is 116 Å². The Bertz CT molecular complexity index is 1460. The predicted molar refractivity (Wildman–Crippen MR) is 307 cm³/mol. The Morgan fingerprint density at radius 3 is 0.972 bits per heavy atom. The Morgan fingerprint density at radius 2 is 0.577 bits per heavy atom. The molecule has 0 heterocycles. The van der Waals surface area contributed by atoms with Gasteiger partial charge in [-0.2, -0.15) is 0 Å².